The van der Waals surface area contributed by atoms with Crippen molar-refractivity contribution in [3.63, 3.8) is 0 Å². The first kappa shape index (κ1) is 35.4. The van der Waals surface area contributed by atoms with Gasteiger partial charge in [-0.25, -0.2) is 0 Å². The number of hydrogen-bond donors (Lipinski definition) is 2. The highest BCUT2D eigenvalue weighted by atomic mass is 35.5. The number of rotatable bonds is 11. The van der Waals surface area contributed by atoms with E-state index in [1.165, 1.54) is 6.92 Å². The smallest absolute Gasteiger partial charge is 0.302 e. The number of piperazine rings is 1. The summed E-state index contributed by atoms with van der Waals surface area (Å²) in [4.78, 5) is 29.9. The van der Waals surface area contributed by atoms with E-state index in [0.717, 1.165) is 72.3 Å². The number of nitrogens with zero attached hydrogens (tertiary/aromatic N) is 2. The van der Waals surface area contributed by atoms with Crippen LogP contribution in [0.15, 0.2) is 60.2 Å². The van der Waals surface area contributed by atoms with Crippen LogP contribution in [0.2, 0.25) is 20.1 Å². The summed E-state index contributed by atoms with van der Waals surface area (Å²) in [5, 5.41) is 9.12. The molecule has 3 aromatic carbocycles. The molecule has 8 nitrogen and oxygen atoms in total. The topological polar surface area (TPSA) is 83.1 Å². The maximum absolute atomic E-state index is 14.5. The Balaban J connectivity index is 1.07. The lowest BCUT2D eigenvalue weighted by Crippen LogP contribution is -2.60. The van der Waals surface area contributed by atoms with Crippen LogP contribution in [0, 0.1) is 0 Å². The summed E-state index contributed by atoms with van der Waals surface area (Å²) in [6.45, 7) is 5.16. The number of carbonyl (C=O) groups is 2. The van der Waals surface area contributed by atoms with Gasteiger partial charge in [0, 0.05) is 69.3 Å². The maximum atomic E-state index is 14.5. The van der Waals surface area contributed by atoms with Crippen molar-refractivity contribution < 1.29 is 19.1 Å². The zero-order valence-electron chi connectivity index (χ0n) is 27.8. The summed E-state index contributed by atoms with van der Waals surface area (Å²) in [7, 11) is 0. The van der Waals surface area contributed by atoms with Crippen LogP contribution in [0.1, 0.15) is 49.3 Å². The Bertz CT molecular complexity index is 1770. The van der Waals surface area contributed by atoms with Crippen molar-refractivity contribution in [2.75, 3.05) is 37.7 Å². The van der Waals surface area contributed by atoms with Crippen LogP contribution in [0.4, 0.5) is 5.69 Å². The lowest BCUT2D eigenvalue weighted by Gasteiger charge is -2.41. The Labute approximate surface area is 313 Å². The van der Waals surface area contributed by atoms with Crippen LogP contribution in [0.5, 0.6) is 5.75 Å². The fraction of sp³-hybridized carbons (Fsp3) is 0.421. The average molecular weight is 759 g/mol. The van der Waals surface area contributed by atoms with Gasteiger partial charge in [0.15, 0.2) is 5.75 Å². The summed E-state index contributed by atoms with van der Waals surface area (Å²) in [6, 6.07) is 18.2. The van der Waals surface area contributed by atoms with E-state index in [-0.39, 0.29) is 42.7 Å². The van der Waals surface area contributed by atoms with Crippen LogP contribution in [-0.4, -0.2) is 73.8 Å². The van der Waals surface area contributed by atoms with Crippen molar-refractivity contribution in [1.82, 2.24) is 15.5 Å². The van der Waals surface area contributed by atoms with Gasteiger partial charge in [-0.05, 0) is 71.9 Å². The highest BCUT2D eigenvalue weighted by Gasteiger charge is 2.41. The third kappa shape index (κ3) is 7.91. The molecular formula is C38H40Cl4N4O4. The molecule has 2 N–H and O–H groups in total. The lowest BCUT2D eigenvalue weighted by atomic mass is 9.83. The summed E-state index contributed by atoms with van der Waals surface area (Å²) in [5.41, 5.74) is 5.86. The second-order valence-corrected chi connectivity index (χ2v) is 15.1. The lowest BCUT2D eigenvalue weighted by molar-refractivity contribution is -0.140. The molecule has 3 aromatic rings. The molecule has 0 spiro atoms. The quantitative estimate of drug-likeness (QED) is 0.198. The number of fused-ring (bicyclic) bond motifs is 2. The minimum atomic E-state index is -0.321. The van der Waals surface area contributed by atoms with E-state index in [1.807, 2.05) is 29.2 Å². The van der Waals surface area contributed by atoms with E-state index >= 15 is 0 Å². The van der Waals surface area contributed by atoms with Gasteiger partial charge in [0.1, 0.15) is 6.10 Å². The second-order valence-electron chi connectivity index (χ2n) is 13.5. The van der Waals surface area contributed by atoms with E-state index in [0.29, 0.717) is 51.9 Å². The minimum absolute atomic E-state index is 0.0663. The van der Waals surface area contributed by atoms with Crippen LogP contribution in [0.25, 0.3) is 5.57 Å². The van der Waals surface area contributed by atoms with Gasteiger partial charge in [-0.1, -0.05) is 70.7 Å². The molecule has 3 aliphatic heterocycles. The van der Waals surface area contributed by atoms with Crippen molar-refractivity contribution >= 4 is 69.5 Å². The number of ether oxygens (including phenoxy) is 2. The first-order valence-corrected chi connectivity index (χ1v) is 18.7. The fourth-order valence-corrected chi connectivity index (χ4v) is 8.28. The van der Waals surface area contributed by atoms with Gasteiger partial charge < -0.3 is 29.9 Å². The Morgan fingerprint density at radius 3 is 2.44 bits per heavy atom. The SMILES string of the molecule is CC(=O)OCCc1cc(Cl)c(O[C@@H]2CCN(c3ccc(C4=C(C(=O)N(Cc5cccc(Cl)c5Cl)C5CC5)[C@@H]5CNC[C@H](C4)N5)cc3)C2)c(Cl)c1. The third-order valence-corrected chi connectivity index (χ3v) is 11.3. The molecule has 1 saturated carbocycles. The zero-order valence-corrected chi connectivity index (χ0v) is 30.8. The predicted molar refractivity (Wildman–Crippen MR) is 200 cm³/mol. The molecule has 3 atom stereocenters. The van der Waals surface area contributed by atoms with Crippen molar-refractivity contribution in [2.24, 2.45) is 0 Å². The molecular weight excluding hydrogens is 718 g/mol. The first-order valence-electron chi connectivity index (χ1n) is 17.2. The van der Waals surface area contributed by atoms with Crippen molar-refractivity contribution in [3.05, 3.63) is 97.0 Å². The van der Waals surface area contributed by atoms with Crippen LogP contribution >= 0.6 is 46.4 Å². The number of benzene rings is 3. The molecule has 7 rings (SSSR count). The molecule has 4 aliphatic rings. The minimum Gasteiger partial charge on any atom is -0.485 e. The maximum Gasteiger partial charge on any atom is 0.302 e. The Morgan fingerprint density at radius 1 is 0.960 bits per heavy atom. The number of hydrogen-bond acceptors (Lipinski definition) is 7. The molecule has 264 valence electrons. The van der Waals surface area contributed by atoms with E-state index in [1.54, 1.807) is 6.07 Å². The van der Waals surface area contributed by atoms with Gasteiger partial charge >= 0.3 is 5.97 Å². The van der Waals surface area contributed by atoms with Gasteiger partial charge in [0.05, 0.1) is 39.3 Å². The van der Waals surface area contributed by atoms with Gasteiger partial charge in [-0.2, -0.15) is 0 Å². The number of carbonyl (C=O) groups excluding carboxylic acids is 2. The molecule has 12 heteroatoms. The Hall–Kier alpha value is -2.98. The molecule has 3 heterocycles. The van der Waals surface area contributed by atoms with Gasteiger partial charge in [-0.3, -0.25) is 9.59 Å². The van der Waals surface area contributed by atoms with Crippen molar-refractivity contribution in [3.8, 4) is 5.75 Å². The molecule has 1 aliphatic carbocycles. The number of nitrogens with one attached hydrogen (secondary N) is 2. The molecule has 50 heavy (non-hydrogen) atoms. The Kier molecular flexibility index (Phi) is 10.9. The average Bonchev–Trinajstić information content (AvgIpc) is 3.83. The Morgan fingerprint density at radius 2 is 1.72 bits per heavy atom. The van der Waals surface area contributed by atoms with Gasteiger partial charge in [0.2, 0.25) is 0 Å². The summed E-state index contributed by atoms with van der Waals surface area (Å²) < 4.78 is 11.4. The standard InChI is InChI=1S/C38H40Cl4N4O4/c1-22(47)49-14-12-23-15-32(40)37(33(41)16-23)50-29-11-13-45(21-29)27-7-5-24(6-8-27)30-17-26-18-43-19-34(44-26)35(30)38(48)46(28-9-10-28)20-25-3-2-4-31(39)36(25)42/h2-8,15-16,26,28-29,34,43-44H,9-14,17-21H2,1H3/t26-,29+,34-/m0/s1. The summed E-state index contributed by atoms with van der Waals surface area (Å²) >= 11 is 26.1. The third-order valence-electron chi connectivity index (χ3n) is 9.92. The van der Waals surface area contributed by atoms with E-state index in [2.05, 4.69) is 39.8 Å². The van der Waals surface area contributed by atoms with E-state index < -0.39 is 0 Å². The summed E-state index contributed by atoms with van der Waals surface area (Å²) in [6.07, 6.45) is 4.00. The molecule has 0 radical (unpaired) electrons. The zero-order chi connectivity index (χ0) is 34.9. The van der Waals surface area contributed by atoms with E-state index in [4.69, 9.17) is 55.9 Å². The first-order chi connectivity index (χ1) is 24.1. The highest BCUT2D eigenvalue weighted by molar-refractivity contribution is 6.42. The monoisotopic (exact) mass is 756 g/mol. The van der Waals surface area contributed by atoms with Crippen molar-refractivity contribution in [1.29, 1.82) is 0 Å². The molecule has 2 saturated heterocycles. The molecule has 0 aromatic heterocycles. The number of anilines is 1. The number of esters is 1. The van der Waals surface area contributed by atoms with Gasteiger partial charge in [-0.15, -0.1) is 0 Å². The fourth-order valence-electron chi connectivity index (χ4n) is 7.28. The molecule has 1 amide bonds. The highest BCUT2D eigenvalue weighted by Crippen LogP contribution is 2.39. The van der Waals surface area contributed by atoms with Gasteiger partial charge in [0.25, 0.3) is 5.91 Å². The number of amides is 1. The van der Waals surface area contributed by atoms with Crippen LogP contribution < -0.4 is 20.3 Å². The van der Waals surface area contributed by atoms with E-state index in [9.17, 15) is 9.59 Å². The predicted octanol–water partition coefficient (Wildman–Crippen LogP) is 7.34. The normalized spacial score (nSPS) is 21.7. The number of halogens is 4. The van der Waals surface area contributed by atoms with Crippen LogP contribution in [-0.2, 0) is 27.3 Å². The molecule has 2 bridgehead atoms. The van der Waals surface area contributed by atoms with Crippen molar-refractivity contribution in [2.45, 2.75) is 69.8 Å². The second kappa shape index (κ2) is 15.3. The molecule has 0 unspecified atom stereocenters. The molecule has 3 fully saturated rings. The summed E-state index contributed by atoms with van der Waals surface area (Å²) in [5.74, 6) is 0.217. The van der Waals surface area contributed by atoms with Crippen LogP contribution in [0.3, 0.4) is 0 Å². The largest absolute Gasteiger partial charge is 0.485 e.